The van der Waals surface area contributed by atoms with Gasteiger partial charge in [0.25, 0.3) is 0 Å². The summed E-state index contributed by atoms with van der Waals surface area (Å²) in [6, 6.07) is 6.02. The van der Waals surface area contributed by atoms with E-state index in [2.05, 4.69) is 20.3 Å². The molecule has 1 fully saturated rings. The Labute approximate surface area is 168 Å². The molecule has 1 aromatic heterocycles. The van der Waals surface area contributed by atoms with Crippen molar-refractivity contribution in [1.82, 2.24) is 10.2 Å². The maximum Gasteiger partial charge on any atom is 0.387 e. The van der Waals surface area contributed by atoms with E-state index in [9.17, 15) is 13.6 Å². The molecule has 1 aliphatic carbocycles. The van der Waals surface area contributed by atoms with E-state index in [1.165, 1.54) is 23.5 Å². The molecule has 5 nitrogen and oxygen atoms in total. The number of allylic oxidation sites excluding steroid dienone is 1. The predicted molar refractivity (Wildman–Crippen MR) is 101 cm³/mol. The Morgan fingerprint density at radius 2 is 1.96 bits per heavy atom. The molecular weight excluding hydrogens is 419 g/mol. The number of amides is 1. The van der Waals surface area contributed by atoms with Crippen LogP contribution in [0, 0.1) is 17.3 Å². The van der Waals surface area contributed by atoms with E-state index in [0.717, 1.165) is 0 Å². The van der Waals surface area contributed by atoms with Gasteiger partial charge in [-0.3, -0.25) is 4.79 Å². The third-order valence-corrected chi connectivity index (χ3v) is 5.62. The third-order valence-electron chi connectivity index (χ3n) is 4.48. The van der Waals surface area contributed by atoms with E-state index in [0.29, 0.717) is 15.7 Å². The van der Waals surface area contributed by atoms with Gasteiger partial charge in [-0.1, -0.05) is 48.4 Å². The van der Waals surface area contributed by atoms with Gasteiger partial charge in [0, 0.05) is 5.56 Å². The molecule has 0 spiro atoms. The van der Waals surface area contributed by atoms with Gasteiger partial charge in [0.2, 0.25) is 11.0 Å². The average Bonchev–Trinajstić information content (AvgIpc) is 2.91. The molecule has 0 aliphatic heterocycles. The third kappa shape index (κ3) is 4.56. The summed E-state index contributed by atoms with van der Waals surface area (Å²) in [5.41, 5.74) is 0.434. The van der Waals surface area contributed by atoms with Crippen LogP contribution in [0.15, 0.2) is 34.8 Å². The second-order valence-corrected chi connectivity index (χ2v) is 8.57. The number of benzene rings is 1. The lowest BCUT2D eigenvalue weighted by Crippen LogP contribution is -2.16. The number of carbonyl (C=O) groups is 1. The molecule has 1 N–H and O–H groups in total. The Morgan fingerprint density at radius 3 is 2.56 bits per heavy atom. The zero-order valence-corrected chi connectivity index (χ0v) is 16.6. The van der Waals surface area contributed by atoms with Crippen LogP contribution in [0.1, 0.15) is 13.8 Å². The number of hydrogen-bond acceptors (Lipinski definition) is 5. The Balaban J connectivity index is 1.66. The number of halogens is 4. The first-order valence-corrected chi connectivity index (χ1v) is 9.48. The smallest absolute Gasteiger partial charge is 0.387 e. The van der Waals surface area contributed by atoms with Gasteiger partial charge in [-0.25, -0.2) is 0 Å². The fraction of sp³-hybridized carbons (Fsp3) is 0.353. The van der Waals surface area contributed by atoms with Gasteiger partial charge in [-0.2, -0.15) is 8.78 Å². The molecule has 2 unspecified atom stereocenters. The molecule has 3 rings (SSSR count). The van der Waals surface area contributed by atoms with Crippen LogP contribution in [-0.4, -0.2) is 22.7 Å². The number of nitrogens with one attached hydrogen (secondary N) is 1. The summed E-state index contributed by atoms with van der Waals surface area (Å²) in [4.78, 5) is 12.5. The van der Waals surface area contributed by atoms with E-state index >= 15 is 0 Å². The lowest BCUT2D eigenvalue weighted by Gasteiger charge is -2.04. The summed E-state index contributed by atoms with van der Waals surface area (Å²) in [6.07, 6.45) is 1.67. The Hall–Kier alpha value is -1.77. The van der Waals surface area contributed by atoms with Crippen molar-refractivity contribution in [2.45, 2.75) is 20.5 Å². The number of nitrogens with zero attached hydrogens (tertiary/aromatic N) is 2. The molecule has 144 valence electrons. The summed E-state index contributed by atoms with van der Waals surface area (Å²) in [7, 11) is 0. The fourth-order valence-electron chi connectivity index (χ4n) is 2.98. The first kappa shape index (κ1) is 20.0. The molecule has 1 saturated carbocycles. The summed E-state index contributed by atoms with van der Waals surface area (Å²) >= 11 is 12.6. The van der Waals surface area contributed by atoms with Crippen LogP contribution in [0.5, 0.6) is 5.75 Å². The van der Waals surface area contributed by atoms with Crippen LogP contribution in [-0.2, 0) is 4.79 Å². The minimum Gasteiger partial charge on any atom is -0.435 e. The lowest BCUT2D eigenvalue weighted by atomic mass is 10.1. The Bertz CT molecular complexity index is 867. The predicted octanol–water partition coefficient (Wildman–Crippen LogP) is 5.34. The van der Waals surface area contributed by atoms with Crippen molar-refractivity contribution in [2.75, 3.05) is 5.32 Å². The molecule has 0 bridgehead atoms. The summed E-state index contributed by atoms with van der Waals surface area (Å²) in [6.45, 7) is 1.05. The topological polar surface area (TPSA) is 64.1 Å². The van der Waals surface area contributed by atoms with Crippen LogP contribution in [0.25, 0.3) is 10.6 Å². The molecule has 27 heavy (non-hydrogen) atoms. The van der Waals surface area contributed by atoms with Gasteiger partial charge in [0.15, 0.2) is 0 Å². The SMILES string of the molecule is CC1(C)C(C=C(Cl)Cl)C1C(=O)Nc1nnc(-c2ccc(OC(F)F)cc2)s1. The fourth-order valence-corrected chi connectivity index (χ4v) is 4.00. The van der Waals surface area contributed by atoms with Crippen molar-refractivity contribution in [2.24, 2.45) is 17.3 Å². The molecule has 10 heteroatoms. The zero-order valence-electron chi connectivity index (χ0n) is 14.2. The van der Waals surface area contributed by atoms with Gasteiger partial charge in [0.1, 0.15) is 15.2 Å². The standard InChI is InChI=1S/C17H15Cl2F2N3O2S/c1-17(2)10(7-11(18)19)12(17)13(25)22-16-24-23-14(27-16)8-3-5-9(6-4-8)26-15(20)21/h3-7,10,12,15H,1-2H3,(H,22,24,25). The van der Waals surface area contributed by atoms with Crippen molar-refractivity contribution >= 4 is 45.6 Å². The maximum absolute atomic E-state index is 12.5. The van der Waals surface area contributed by atoms with Gasteiger partial charge >= 0.3 is 6.61 Å². The summed E-state index contributed by atoms with van der Waals surface area (Å²) < 4.78 is 28.8. The first-order chi connectivity index (χ1) is 12.7. The van der Waals surface area contributed by atoms with E-state index in [1.54, 1.807) is 18.2 Å². The quantitative estimate of drug-likeness (QED) is 0.667. The van der Waals surface area contributed by atoms with Crippen LogP contribution in [0.2, 0.25) is 0 Å². The van der Waals surface area contributed by atoms with Gasteiger partial charge in [-0.05, 0) is 41.7 Å². The molecular formula is C17H15Cl2F2N3O2S. The normalized spacial score (nSPS) is 20.3. The van der Waals surface area contributed by atoms with Crippen LogP contribution < -0.4 is 10.1 Å². The number of anilines is 1. The number of aromatic nitrogens is 2. The molecule has 1 heterocycles. The highest BCUT2D eigenvalue weighted by Gasteiger charge is 2.60. The second kappa shape index (κ2) is 7.69. The molecule has 1 aromatic carbocycles. The number of ether oxygens (including phenoxy) is 1. The highest BCUT2D eigenvalue weighted by atomic mass is 35.5. The van der Waals surface area contributed by atoms with Crippen LogP contribution in [0.4, 0.5) is 13.9 Å². The Morgan fingerprint density at radius 1 is 1.30 bits per heavy atom. The van der Waals surface area contributed by atoms with E-state index < -0.39 is 6.61 Å². The van der Waals surface area contributed by atoms with Crippen molar-refractivity contribution < 1.29 is 18.3 Å². The second-order valence-electron chi connectivity index (χ2n) is 6.59. The number of hydrogen-bond donors (Lipinski definition) is 1. The zero-order chi connectivity index (χ0) is 19.8. The molecule has 1 aliphatic rings. The minimum absolute atomic E-state index is 0.0442. The van der Waals surface area contributed by atoms with Crippen molar-refractivity contribution in [3.63, 3.8) is 0 Å². The lowest BCUT2D eigenvalue weighted by molar-refractivity contribution is -0.118. The molecule has 1 amide bonds. The van der Waals surface area contributed by atoms with Crippen molar-refractivity contribution in [1.29, 1.82) is 0 Å². The van der Waals surface area contributed by atoms with Crippen molar-refractivity contribution in [3.8, 4) is 16.3 Å². The van der Waals surface area contributed by atoms with Gasteiger partial charge < -0.3 is 10.1 Å². The molecule has 0 saturated heterocycles. The summed E-state index contributed by atoms with van der Waals surface area (Å²) in [5, 5.41) is 11.6. The van der Waals surface area contributed by atoms with E-state index in [1.807, 2.05) is 13.8 Å². The number of carbonyl (C=O) groups excluding carboxylic acids is 1. The maximum atomic E-state index is 12.5. The largest absolute Gasteiger partial charge is 0.435 e. The summed E-state index contributed by atoms with van der Waals surface area (Å²) in [5.74, 6) is -0.431. The van der Waals surface area contributed by atoms with Crippen LogP contribution >= 0.6 is 34.5 Å². The Kier molecular flexibility index (Phi) is 5.69. The molecule has 2 atom stereocenters. The van der Waals surface area contributed by atoms with E-state index in [4.69, 9.17) is 23.2 Å². The molecule has 0 radical (unpaired) electrons. The van der Waals surface area contributed by atoms with Gasteiger partial charge in [0.05, 0.1) is 5.92 Å². The number of rotatable bonds is 6. The highest BCUT2D eigenvalue weighted by Crippen LogP contribution is 2.60. The van der Waals surface area contributed by atoms with Gasteiger partial charge in [-0.15, -0.1) is 10.2 Å². The minimum atomic E-state index is -2.88. The monoisotopic (exact) mass is 433 g/mol. The average molecular weight is 434 g/mol. The molecule has 2 aromatic rings. The van der Waals surface area contributed by atoms with Crippen LogP contribution in [0.3, 0.4) is 0 Å². The first-order valence-electron chi connectivity index (χ1n) is 7.91. The van der Waals surface area contributed by atoms with Crippen molar-refractivity contribution in [3.05, 3.63) is 34.8 Å². The van der Waals surface area contributed by atoms with E-state index in [-0.39, 0.29) is 33.4 Å². The number of alkyl halides is 2. The highest BCUT2D eigenvalue weighted by molar-refractivity contribution is 7.18.